The molecule has 0 bridgehead atoms. The molecule has 1 unspecified atom stereocenters. The van der Waals surface area contributed by atoms with E-state index in [1.165, 1.54) is 28.8 Å². The molecule has 20 heavy (non-hydrogen) atoms. The summed E-state index contributed by atoms with van der Waals surface area (Å²) in [4.78, 5) is 5.68. The zero-order valence-electron chi connectivity index (χ0n) is 11.4. The van der Waals surface area contributed by atoms with Crippen molar-refractivity contribution >= 4 is 16.5 Å². The Labute approximate surface area is 123 Å². The molecule has 4 heteroatoms. The highest BCUT2D eigenvalue weighted by Crippen LogP contribution is 2.42. The number of nitrogen functional groups attached to an aromatic ring is 1. The molecule has 0 aliphatic heterocycles. The Balaban J connectivity index is 1.69. The largest absolute Gasteiger partial charge is 0.375 e. The van der Waals surface area contributed by atoms with Gasteiger partial charge in [0.05, 0.1) is 5.69 Å². The van der Waals surface area contributed by atoms with Crippen LogP contribution in [0.25, 0.3) is 0 Å². The van der Waals surface area contributed by atoms with E-state index in [0.29, 0.717) is 5.13 Å². The molecule has 0 spiro atoms. The second kappa shape index (κ2) is 4.30. The molecule has 104 valence electrons. The number of thiazole rings is 1. The lowest BCUT2D eigenvalue weighted by molar-refractivity contribution is 0.386. The number of aryl methyl sites for hydroxylation is 1. The minimum Gasteiger partial charge on any atom is -0.375 e. The van der Waals surface area contributed by atoms with Crippen LogP contribution in [0.5, 0.6) is 0 Å². The first-order valence-corrected chi connectivity index (χ1v) is 8.09. The molecule has 2 aromatic rings. The fraction of sp³-hybridized carbons (Fsp3) is 0.438. The Morgan fingerprint density at radius 1 is 1.30 bits per heavy atom. The molecule has 1 atom stereocenters. The summed E-state index contributed by atoms with van der Waals surface area (Å²) in [5, 5.41) is 0.672. The molecule has 1 heterocycles. The number of anilines is 1. The fourth-order valence-corrected chi connectivity index (χ4v) is 4.22. The number of benzene rings is 1. The van der Waals surface area contributed by atoms with E-state index in [-0.39, 0.29) is 5.54 Å². The average molecular weight is 285 g/mol. The summed E-state index contributed by atoms with van der Waals surface area (Å²) in [7, 11) is 0. The molecule has 3 nitrogen and oxygen atoms in total. The zero-order valence-corrected chi connectivity index (χ0v) is 12.2. The number of hydrogen-bond donors (Lipinski definition) is 2. The molecule has 2 aliphatic carbocycles. The van der Waals surface area contributed by atoms with Crippen molar-refractivity contribution in [2.75, 3.05) is 5.73 Å². The summed E-state index contributed by atoms with van der Waals surface area (Å²) in [6, 6.07) is 8.91. The van der Waals surface area contributed by atoms with Gasteiger partial charge in [-0.2, -0.15) is 0 Å². The van der Waals surface area contributed by atoms with Crippen molar-refractivity contribution in [3.8, 4) is 0 Å². The van der Waals surface area contributed by atoms with E-state index in [2.05, 4.69) is 29.2 Å². The predicted molar refractivity (Wildman–Crippen MR) is 82.8 cm³/mol. The van der Waals surface area contributed by atoms with Crippen molar-refractivity contribution in [2.45, 2.75) is 43.6 Å². The topological polar surface area (TPSA) is 64.9 Å². The maximum atomic E-state index is 6.73. The van der Waals surface area contributed by atoms with E-state index >= 15 is 0 Å². The Morgan fingerprint density at radius 2 is 2.15 bits per heavy atom. The number of rotatable bonds is 2. The standard InChI is InChI=1S/C16H19N3S/c17-15-19-13-6-7-16(18,9-14(13)20-15)12-3-1-2-11(8-12)10-4-5-10/h1-3,8,10H,4-7,9,18H2,(H2,17,19). The smallest absolute Gasteiger partial charge is 0.180 e. The van der Waals surface area contributed by atoms with Crippen LogP contribution in [-0.2, 0) is 18.4 Å². The summed E-state index contributed by atoms with van der Waals surface area (Å²) in [6.45, 7) is 0. The van der Waals surface area contributed by atoms with Gasteiger partial charge in [-0.3, -0.25) is 0 Å². The minimum absolute atomic E-state index is 0.253. The van der Waals surface area contributed by atoms with Crippen LogP contribution < -0.4 is 11.5 Å². The lowest BCUT2D eigenvalue weighted by Gasteiger charge is -2.33. The highest BCUT2D eigenvalue weighted by molar-refractivity contribution is 7.15. The molecule has 4 rings (SSSR count). The van der Waals surface area contributed by atoms with Crippen LogP contribution in [-0.4, -0.2) is 4.98 Å². The third kappa shape index (κ3) is 2.03. The molecule has 1 fully saturated rings. The maximum Gasteiger partial charge on any atom is 0.180 e. The Bertz CT molecular complexity index is 659. The van der Waals surface area contributed by atoms with Crippen molar-refractivity contribution in [3.63, 3.8) is 0 Å². The SMILES string of the molecule is Nc1nc2c(s1)CC(N)(c1cccc(C3CC3)c1)CC2. The van der Waals surface area contributed by atoms with Crippen LogP contribution in [0.1, 0.15) is 46.9 Å². The zero-order chi connectivity index (χ0) is 13.7. The van der Waals surface area contributed by atoms with Gasteiger partial charge in [0.1, 0.15) is 0 Å². The molecule has 1 aromatic heterocycles. The Kier molecular flexibility index (Phi) is 2.66. The van der Waals surface area contributed by atoms with Gasteiger partial charge < -0.3 is 11.5 Å². The number of nitrogens with two attached hydrogens (primary N) is 2. The Morgan fingerprint density at radius 3 is 2.95 bits per heavy atom. The van der Waals surface area contributed by atoms with Crippen LogP contribution in [0.3, 0.4) is 0 Å². The molecule has 0 saturated heterocycles. The van der Waals surface area contributed by atoms with Gasteiger partial charge in [0.25, 0.3) is 0 Å². The molecule has 1 saturated carbocycles. The molecule has 4 N–H and O–H groups in total. The van der Waals surface area contributed by atoms with Gasteiger partial charge in [0.15, 0.2) is 5.13 Å². The number of nitrogens with zero attached hydrogens (tertiary/aromatic N) is 1. The van der Waals surface area contributed by atoms with Gasteiger partial charge in [-0.25, -0.2) is 4.98 Å². The third-order valence-corrected chi connectivity index (χ3v) is 5.52. The lowest BCUT2D eigenvalue weighted by Crippen LogP contribution is -2.41. The van der Waals surface area contributed by atoms with Crippen molar-refractivity contribution in [1.82, 2.24) is 4.98 Å². The first kappa shape index (κ1) is 12.4. The van der Waals surface area contributed by atoms with E-state index in [9.17, 15) is 0 Å². The normalized spacial score (nSPS) is 25.4. The number of hydrogen-bond acceptors (Lipinski definition) is 4. The first-order chi connectivity index (χ1) is 9.64. The van der Waals surface area contributed by atoms with Gasteiger partial charge in [-0.1, -0.05) is 24.3 Å². The van der Waals surface area contributed by atoms with E-state index in [0.717, 1.165) is 30.9 Å². The van der Waals surface area contributed by atoms with Gasteiger partial charge in [-0.05, 0) is 42.7 Å². The summed E-state index contributed by atoms with van der Waals surface area (Å²) in [6.07, 6.45) is 5.42. The van der Waals surface area contributed by atoms with Gasteiger partial charge in [-0.15, -0.1) is 11.3 Å². The average Bonchev–Trinajstić information content (AvgIpc) is 3.22. The summed E-state index contributed by atoms with van der Waals surface area (Å²) < 4.78 is 0. The maximum absolute atomic E-state index is 6.73. The van der Waals surface area contributed by atoms with E-state index < -0.39 is 0 Å². The van der Waals surface area contributed by atoms with Crippen molar-refractivity contribution in [3.05, 3.63) is 46.0 Å². The van der Waals surface area contributed by atoms with Crippen LogP contribution >= 0.6 is 11.3 Å². The lowest BCUT2D eigenvalue weighted by atomic mass is 9.78. The van der Waals surface area contributed by atoms with Gasteiger partial charge >= 0.3 is 0 Å². The van der Waals surface area contributed by atoms with Crippen molar-refractivity contribution in [1.29, 1.82) is 0 Å². The highest BCUT2D eigenvalue weighted by Gasteiger charge is 2.35. The summed E-state index contributed by atoms with van der Waals surface area (Å²) >= 11 is 1.60. The van der Waals surface area contributed by atoms with Crippen LogP contribution in [0.4, 0.5) is 5.13 Å². The number of aromatic nitrogens is 1. The quantitative estimate of drug-likeness (QED) is 0.891. The van der Waals surface area contributed by atoms with E-state index in [4.69, 9.17) is 11.5 Å². The van der Waals surface area contributed by atoms with Crippen molar-refractivity contribution in [2.24, 2.45) is 5.73 Å². The van der Waals surface area contributed by atoms with E-state index in [1.807, 2.05) is 0 Å². The highest BCUT2D eigenvalue weighted by atomic mass is 32.1. The van der Waals surface area contributed by atoms with Crippen molar-refractivity contribution < 1.29 is 0 Å². The molecular formula is C16H19N3S. The molecule has 2 aliphatic rings. The second-order valence-corrected chi connectivity index (χ2v) is 7.27. The second-order valence-electron chi connectivity index (χ2n) is 6.15. The molecule has 0 radical (unpaired) electrons. The third-order valence-electron chi connectivity index (χ3n) is 4.59. The van der Waals surface area contributed by atoms with E-state index in [1.54, 1.807) is 11.3 Å². The molecule has 1 aromatic carbocycles. The Hall–Kier alpha value is -1.39. The van der Waals surface area contributed by atoms with Crippen LogP contribution in [0, 0.1) is 0 Å². The van der Waals surface area contributed by atoms with Gasteiger partial charge in [0, 0.05) is 16.8 Å². The van der Waals surface area contributed by atoms with Crippen LogP contribution in [0.2, 0.25) is 0 Å². The monoisotopic (exact) mass is 285 g/mol. The molecule has 0 amide bonds. The van der Waals surface area contributed by atoms with Crippen LogP contribution in [0.15, 0.2) is 24.3 Å². The first-order valence-electron chi connectivity index (χ1n) is 7.27. The summed E-state index contributed by atoms with van der Waals surface area (Å²) in [5.74, 6) is 0.775. The fourth-order valence-electron chi connectivity index (χ4n) is 3.22. The minimum atomic E-state index is -0.253. The van der Waals surface area contributed by atoms with Gasteiger partial charge in [0.2, 0.25) is 0 Å². The number of fused-ring (bicyclic) bond motifs is 1. The summed E-state index contributed by atoms with van der Waals surface area (Å²) in [5.41, 5.74) is 16.2. The predicted octanol–water partition coefficient (Wildman–Crippen LogP) is 2.95. The molecular weight excluding hydrogens is 266 g/mol.